The van der Waals surface area contributed by atoms with E-state index in [-0.39, 0.29) is 6.61 Å². The lowest BCUT2D eigenvalue weighted by atomic mass is 10.1. The third-order valence-electron chi connectivity index (χ3n) is 7.30. The van der Waals surface area contributed by atoms with E-state index in [4.69, 9.17) is 14.7 Å². The van der Waals surface area contributed by atoms with Crippen molar-refractivity contribution in [3.8, 4) is 0 Å². The number of piperazine rings is 1. The summed E-state index contributed by atoms with van der Waals surface area (Å²) in [5.74, 6) is 2.62. The summed E-state index contributed by atoms with van der Waals surface area (Å²) >= 11 is 0. The number of hydrogen-bond acceptors (Lipinski definition) is 7. The van der Waals surface area contributed by atoms with Gasteiger partial charge in [0.25, 0.3) is 0 Å². The molecule has 3 aliphatic rings. The normalized spacial score (nSPS) is 24.8. The molecule has 1 N–H and O–H groups in total. The number of aliphatic hydroxyl groups is 1. The van der Waals surface area contributed by atoms with Crippen molar-refractivity contribution < 1.29 is 9.84 Å². The van der Waals surface area contributed by atoms with Crippen LogP contribution in [0.15, 0.2) is 18.2 Å². The van der Waals surface area contributed by atoms with Crippen molar-refractivity contribution in [1.29, 1.82) is 0 Å². The molecule has 2 aromatic rings. The average molecular weight is 426 g/mol. The molecule has 5 rings (SSSR count). The maximum atomic E-state index is 9.34. The number of aliphatic hydroxyl groups excluding tert-OH is 1. The van der Waals surface area contributed by atoms with E-state index in [9.17, 15) is 5.11 Å². The molecule has 2 atom stereocenters. The lowest BCUT2D eigenvalue weighted by Gasteiger charge is -2.40. The summed E-state index contributed by atoms with van der Waals surface area (Å²) < 4.78 is 5.75. The van der Waals surface area contributed by atoms with E-state index in [0.29, 0.717) is 24.6 Å². The van der Waals surface area contributed by atoms with Crippen LogP contribution in [0, 0.1) is 0 Å². The minimum Gasteiger partial charge on any atom is -0.395 e. The van der Waals surface area contributed by atoms with Crippen LogP contribution in [-0.2, 0) is 4.74 Å². The van der Waals surface area contributed by atoms with Crippen molar-refractivity contribution in [2.75, 3.05) is 63.3 Å². The molecule has 0 bridgehead atoms. The highest BCUT2D eigenvalue weighted by Crippen LogP contribution is 2.40. The van der Waals surface area contributed by atoms with Crippen molar-refractivity contribution >= 4 is 22.4 Å². The van der Waals surface area contributed by atoms with Crippen LogP contribution in [0.2, 0.25) is 0 Å². The van der Waals surface area contributed by atoms with Crippen LogP contribution in [0.4, 0.5) is 11.5 Å². The largest absolute Gasteiger partial charge is 0.395 e. The average Bonchev–Trinajstić information content (AvgIpc) is 3.55. The number of likely N-dealkylation sites (N-methyl/N-ethyl adjacent to an activating group) is 1. The Bertz CT molecular complexity index is 910. The summed E-state index contributed by atoms with van der Waals surface area (Å²) in [5.41, 5.74) is 2.13. The predicted molar refractivity (Wildman–Crippen MR) is 124 cm³/mol. The fourth-order valence-electron chi connectivity index (χ4n) is 5.26. The van der Waals surface area contributed by atoms with Gasteiger partial charge in [-0.15, -0.1) is 0 Å². The van der Waals surface area contributed by atoms with Crippen LogP contribution in [0.5, 0.6) is 0 Å². The van der Waals surface area contributed by atoms with Crippen molar-refractivity contribution in [2.45, 2.75) is 50.2 Å². The van der Waals surface area contributed by atoms with Gasteiger partial charge in [0.1, 0.15) is 11.6 Å². The second-order valence-electron chi connectivity index (χ2n) is 9.32. The summed E-state index contributed by atoms with van der Waals surface area (Å²) in [4.78, 5) is 17.2. The molecular weight excluding hydrogens is 390 g/mol. The molecule has 0 amide bonds. The topological polar surface area (TPSA) is 65.0 Å². The quantitative estimate of drug-likeness (QED) is 0.732. The second-order valence-corrected chi connectivity index (χ2v) is 9.32. The van der Waals surface area contributed by atoms with Crippen LogP contribution in [0.25, 0.3) is 10.9 Å². The molecule has 168 valence electrons. The van der Waals surface area contributed by atoms with Gasteiger partial charge >= 0.3 is 0 Å². The Balaban J connectivity index is 1.42. The molecule has 2 unspecified atom stereocenters. The van der Waals surface area contributed by atoms with Crippen molar-refractivity contribution in [3.05, 3.63) is 24.0 Å². The maximum absolute atomic E-state index is 9.34. The fourth-order valence-corrected chi connectivity index (χ4v) is 5.26. The van der Waals surface area contributed by atoms with Crippen LogP contribution in [0.1, 0.15) is 43.8 Å². The molecule has 7 heteroatoms. The number of benzene rings is 1. The van der Waals surface area contributed by atoms with E-state index in [0.717, 1.165) is 54.4 Å². The van der Waals surface area contributed by atoms with E-state index >= 15 is 0 Å². The molecule has 2 aliphatic carbocycles. The molecule has 0 spiro atoms. The van der Waals surface area contributed by atoms with Crippen molar-refractivity contribution in [1.82, 2.24) is 14.9 Å². The van der Waals surface area contributed by atoms with Gasteiger partial charge in [0.15, 0.2) is 0 Å². The smallest absolute Gasteiger partial charge is 0.140 e. The Morgan fingerprint density at radius 2 is 1.90 bits per heavy atom. The number of ether oxygens (including phenoxy) is 1. The molecule has 2 saturated carbocycles. The minimum absolute atomic E-state index is 0.143. The molecule has 3 fully saturated rings. The van der Waals surface area contributed by atoms with Gasteiger partial charge in [0.2, 0.25) is 0 Å². The highest BCUT2D eigenvalue weighted by Gasteiger charge is 2.35. The van der Waals surface area contributed by atoms with Crippen molar-refractivity contribution in [3.63, 3.8) is 0 Å². The first kappa shape index (κ1) is 20.9. The summed E-state index contributed by atoms with van der Waals surface area (Å²) in [5, 5.41) is 10.5. The Hall–Kier alpha value is -1.96. The van der Waals surface area contributed by atoms with Crippen LogP contribution >= 0.6 is 0 Å². The summed E-state index contributed by atoms with van der Waals surface area (Å²) in [7, 11) is 3.88. The Kier molecular flexibility index (Phi) is 5.99. The number of anilines is 2. The van der Waals surface area contributed by atoms with Crippen molar-refractivity contribution in [2.24, 2.45) is 0 Å². The highest BCUT2D eigenvalue weighted by atomic mass is 16.5. The third-order valence-corrected chi connectivity index (χ3v) is 7.30. The molecule has 1 aliphatic heterocycles. The first-order valence-electron chi connectivity index (χ1n) is 11.8. The Morgan fingerprint density at radius 3 is 2.61 bits per heavy atom. The first-order valence-corrected chi connectivity index (χ1v) is 11.8. The fraction of sp³-hybridized carbons (Fsp3) is 0.667. The number of hydrogen-bond donors (Lipinski definition) is 1. The Labute approximate surface area is 185 Å². The number of nitrogens with zero attached hydrogens (tertiary/aromatic N) is 5. The van der Waals surface area contributed by atoms with Gasteiger partial charge in [0.05, 0.1) is 18.2 Å². The SMILES string of the molecule is COC1CCCC1N1CCN(c2nc(C3CC3)nc3ccc(N(C)CCO)cc23)CC1. The van der Waals surface area contributed by atoms with Crippen LogP contribution in [0.3, 0.4) is 0 Å². The number of rotatable bonds is 7. The summed E-state index contributed by atoms with van der Waals surface area (Å²) in [6.45, 7) is 4.84. The lowest BCUT2D eigenvalue weighted by molar-refractivity contribution is 0.0306. The zero-order chi connectivity index (χ0) is 21.4. The predicted octanol–water partition coefficient (Wildman–Crippen LogP) is 2.63. The third kappa shape index (κ3) is 4.23. The van der Waals surface area contributed by atoms with Crippen LogP contribution in [-0.4, -0.2) is 85.6 Å². The second kappa shape index (κ2) is 8.88. The molecule has 7 nitrogen and oxygen atoms in total. The minimum atomic E-state index is 0.143. The molecule has 31 heavy (non-hydrogen) atoms. The molecule has 1 saturated heterocycles. The van der Waals surface area contributed by atoms with E-state index in [1.165, 1.54) is 32.1 Å². The van der Waals surface area contributed by atoms with Gasteiger partial charge in [-0.3, -0.25) is 4.90 Å². The monoisotopic (exact) mass is 425 g/mol. The zero-order valence-corrected chi connectivity index (χ0v) is 18.8. The number of aromatic nitrogens is 2. The first-order chi connectivity index (χ1) is 15.2. The molecule has 0 radical (unpaired) electrons. The molecular formula is C24H35N5O2. The van der Waals surface area contributed by atoms with Gasteiger partial charge < -0.3 is 19.6 Å². The highest BCUT2D eigenvalue weighted by molar-refractivity contribution is 5.92. The van der Waals surface area contributed by atoms with E-state index in [2.05, 4.69) is 32.9 Å². The van der Waals surface area contributed by atoms with E-state index in [1.54, 1.807) is 0 Å². The van der Waals surface area contributed by atoms with Gasteiger partial charge in [-0.25, -0.2) is 9.97 Å². The summed E-state index contributed by atoms with van der Waals surface area (Å²) in [6, 6.07) is 6.98. The Morgan fingerprint density at radius 1 is 1.10 bits per heavy atom. The maximum Gasteiger partial charge on any atom is 0.140 e. The molecule has 1 aromatic heterocycles. The molecule has 2 heterocycles. The van der Waals surface area contributed by atoms with E-state index < -0.39 is 0 Å². The zero-order valence-electron chi connectivity index (χ0n) is 18.8. The number of methoxy groups -OCH3 is 1. The van der Waals surface area contributed by atoms with Gasteiger partial charge in [-0.2, -0.15) is 0 Å². The lowest BCUT2D eigenvalue weighted by Crippen LogP contribution is -2.52. The van der Waals surface area contributed by atoms with Gasteiger partial charge in [-0.1, -0.05) is 0 Å². The van der Waals surface area contributed by atoms with Crippen LogP contribution < -0.4 is 9.80 Å². The van der Waals surface area contributed by atoms with Gasteiger partial charge in [0, 0.05) is 69.9 Å². The standard InChI is InChI=1S/C24H35N5O2/c1-27(14-15-30)18-8-9-20-19(16-18)24(26-23(25-20)17-6-7-17)29-12-10-28(11-13-29)21-4-3-5-22(21)31-2/h8-9,16-17,21-22,30H,3-7,10-15H2,1-2H3. The van der Waals surface area contributed by atoms with E-state index in [1.807, 2.05) is 14.2 Å². The summed E-state index contributed by atoms with van der Waals surface area (Å²) in [6.07, 6.45) is 6.51. The molecule has 1 aromatic carbocycles. The number of fused-ring (bicyclic) bond motifs is 1. The van der Waals surface area contributed by atoms with Gasteiger partial charge in [-0.05, 0) is 50.3 Å².